The lowest BCUT2D eigenvalue weighted by molar-refractivity contribution is 0.414. The fourth-order valence-electron chi connectivity index (χ4n) is 2.57. The molecule has 1 saturated heterocycles. The average Bonchev–Trinajstić information content (AvgIpc) is 2.84. The van der Waals surface area contributed by atoms with Gasteiger partial charge in [0.25, 0.3) is 0 Å². The Bertz CT molecular complexity index is 541. The van der Waals surface area contributed by atoms with Crippen LogP contribution in [-0.2, 0) is 0 Å². The molecular weight excluding hydrogens is 242 g/mol. The van der Waals surface area contributed by atoms with Gasteiger partial charge in [0.05, 0.1) is 10.2 Å². The fourth-order valence-corrected chi connectivity index (χ4v) is 3.66. The van der Waals surface area contributed by atoms with Crippen molar-refractivity contribution in [2.75, 3.05) is 24.5 Å². The summed E-state index contributed by atoms with van der Waals surface area (Å²) in [6.45, 7) is 5.15. The van der Waals surface area contributed by atoms with Crippen LogP contribution in [0.5, 0.6) is 0 Å². The highest BCUT2D eigenvalue weighted by molar-refractivity contribution is 7.22. The summed E-state index contributed by atoms with van der Waals surface area (Å²) in [7, 11) is 0. The number of nitrogens with zero attached hydrogens (tertiary/aromatic N) is 2. The number of piperidine rings is 1. The van der Waals surface area contributed by atoms with Gasteiger partial charge in [-0.15, -0.1) is 0 Å². The number of fused-ring (bicyclic) bond motifs is 1. The number of anilines is 1. The van der Waals surface area contributed by atoms with Crippen LogP contribution in [0.25, 0.3) is 10.2 Å². The molecule has 96 valence electrons. The van der Waals surface area contributed by atoms with Gasteiger partial charge in [0.1, 0.15) is 0 Å². The van der Waals surface area contributed by atoms with E-state index in [-0.39, 0.29) is 0 Å². The lowest BCUT2D eigenvalue weighted by atomic mass is 9.98. The van der Waals surface area contributed by atoms with Gasteiger partial charge in [-0.2, -0.15) is 0 Å². The third-order valence-electron chi connectivity index (χ3n) is 3.83. The first-order valence-corrected chi connectivity index (χ1v) is 7.41. The second kappa shape index (κ2) is 4.86. The first kappa shape index (κ1) is 11.9. The largest absolute Gasteiger partial charge is 0.348 e. The van der Waals surface area contributed by atoms with E-state index in [0.717, 1.165) is 19.6 Å². The molecule has 1 aromatic heterocycles. The predicted molar refractivity (Wildman–Crippen MR) is 78.3 cm³/mol. The minimum Gasteiger partial charge on any atom is -0.348 e. The number of aryl methyl sites for hydroxylation is 1. The molecule has 0 unspecified atom stereocenters. The Kier molecular flexibility index (Phi) is 3.22. The van der Waals surface area contributed by atoms with Crippen molar-refractivity contribution in [2.45, 2.75) is 19.8 Å². The smallest absolute Gasteiger partial charge is 0.186 e. The van der Waals surface area contributed by atoms with E-state index in [0.29, 0.717) is 5.92 Å². The summed E-state index contributed by atoms with van der Waals surface area (Å²) in [6, 6.07) is 6.41. The zero-order valence-electron chi connectivity index (χ0n) is 10.7. The molecule has 0 radical (unpaired) electrons. The molecule has 0 saturated carbocycles. The maximum absolute atomic E-state index is 5.74. The number of hydrogen-bond donors (Lipinski definition) is 1. The number of hydrogen-bond acceptors (Lipinski definition) is 4. The van der Waals surface area contributed by atoms with Crippen molar-refractivity contribution in [3.63, 3.8) is 0 Å². The number of aromatic nitrogens is 1. The van der Waals surface area contributed by atoms with Gasteiger partial charge in [0, 0.05) is 13.1 Å². The van der Waals surface area contributed by atoms with Crippen molar-refractivity contribution in [3.8, 4) is 0 Å². The van der Waals surface area contributed by atoms with E-state index in [9.17, 15) is 0 Å². The molecule has 0 bridgehead atoms. The Morgan fingerprint density at radius 3 is 2.83 bits per heavy atom. The van der Waals surface area contributed by atoms with Crippen LogP contribution in [0.2, 0.25) is 0 Å². The van der Waals surface area contributed by atoms with Gasteiger partial charge in [0.15, 0.2) is 5.13 Å². The van der Waals surface area contributed by atoms with E-state index < -0.39 is 0 Å². The molecule has 18 heavy (non-hydrogen) atoms. The SMILES string of the molecule is Cc1cccc2sc(N3CCC(CN)CC3)nc12. The molecule has 4 heteroatoms. The zero-order chi connectivity index (χ0) is 12.5. The highest BCUT2D eigenvalue weighted by atomic mass is 32.1. The van der Waals surface area contributed by atoms with Crippen molar-refractivity contribution >= 4 is 26.7 Å². The van der Waals surface area contributed by atoms with Gasteiger partial charge in [-0.1, -0.05) is 23.5 Å². The Morgan fingerprint density at radius 1 is 1.39 bits per heavy atom. The second-order valence-corrected chi connectivity index (χ2v) is 6.09. The predicted octanol–water partition coefficient (Wildman–Crippen LogP) is 2.78. The fraction of sp³-hybridized carbons (Fsp3) is 0.500. The summed E-state index contributed by atoms with van der Waals surface area (Å²) in [5, 5.41) is 1.18. The van der Waals surface area contributed by atoms with Crippen LogP contribution in [0.4, 0.5) is 5.13 Å². The lowest BCUT2D eigenvalue weighted by Gasteiger charge is -2.30. The number of rotatable bonds is 2. The molecular formula is C14H19N3S. The lowest BCUT2D eigenvalue weighted by Crippen LogP contribution is -2.35. The van der Waals surface area contributed by atoms with Crippen molar-refractivity contribution < 1.29 is 0 Å². The summed E-state index contributed by atoms with van der Waals surface area (Å²) in [6.07, 6.45) is 2.40. The molecule has 0 atom stereocenters. The average molecular weight is 261 g/mol. The topological polar surface area (TPSA) is 42.1 Å². The third kappa shape index (κ3) is 2.10. The minimum atomic E-state index is 0.706. The molecule has 0 aliphatic carbocycles. The minimum absolute atomic E-state index is 0.706. The molecule has 2 N–H and O–H groups in total. The summed E-state index contributed by atoms with van der Waals surface area (Å²) in [4.78, 5) is 7.21. The van der Waals surface area contributed by atoms with Gasteiger partial charge < -0.3 is 10.6 Å². The first-order chi connectivity index (χ1) is 8.78. The van der Waals surface area contributed by atoms with Crippen molar-refractivity contribution in [1.29, 1.82) is 0 Å². The van der Waals surface area contributed by atoms with Crippen LogP contribution in [0.3, 0.4) is 0 Å². The molecule has 1 fully saturated rings. The summed E-state index contributed by atoms with van der Waals surface area (Å²) in [5.41, 5.74) is 8.17. The van der Waals surface area contributed by atoms with Gasteiger partial charge in [0.2, 0.25) is 0 Å². The van der Waals surface area contributed by atoms with Crippen molar-refractivity contribution in [1.82, 2.24) is 4.98 Å². The van der Waals surface area contributed by atoms with E-state index in [1.807, 2.05) is 11.3 Å². The normalized spacial score (nSPS) is 17.6. The summed E-state index contributed by atoms with van der Waals surface area (Å²) >= 11 is 1.81. The van der Waals surface area contributed by atoms with E-state index in [1.165, 1.54) is 33.8 Å². The number of para-hydroxylation sites is 1. The molecule has 2 heterocycles. The van der Waals surface area contributed by atoms with E-state index in [1.54, 1.807) is 0 Å². The van der Waals surface area contributed by atoms with Crippen LogP contribution < -0.4 is 10.6 Å². The van der Waals surface area contributed by atoms with E-state index >= 15 is 0 Å². The number of benzene rings is 1. The number of nitrogens with two attached hydrogens (primary N) is 1. The molecule has 1 aliphatic heterocycles. The molecule has 0 amide bonds. The molecule has 3 nitrogen and oxygen atoms in total. The molecule has 1 aliphatic rings. The standard InChI is InChI=1S/C14H19N3S/c1-10-3-2-4-12-13(10)16-14(18-12)17-7-5-11(9-15)6-8-17/h2-4,11H,5-9,15H2,1H3. The number of thiazole rings is 1. The molecule has 0 spiro atoms. The van der Waals surface area contributed by atoms with Crippen LogP contribution in [0.1, 0.15) is 18.4 Å². The van der Waals surface area contributed by atoms with Gasteiger partial charge in [-0.3, -0.25) is 0 Å². The molecule has 2 aromatic rings. The van der Waals surface area contributed by atoms with Gasteiger partial charge in [-0.25, -0.2) is 4.98 Å². The van der Waals surface area contributed by atoms with Gasteiger partial charge in [-0.05, 0) is 43.9 Å². The van der Waals surface area contributed by atoms with Crippen molar-refractivity contribution in [2.24, 2.45) is 11.7 Å². The van der Waals surface area contributed by atoms with Crippen LogP contribution >= 0.6 is 11.3 Å². The second-order valence-electron chi connectivity index (χ2n) is 5.08. The highest BCUT2D eigenvalue weighted by Gasteiger charge is 2.20. The van der Waals surface area contributed by atoms with E-state index in [4.69, 9.17) is 10.7 Å². The van der Waals surface area contributed by atoms with E-state index in [2.05, 4.69) is 30.0 Å². The summed E-state index contributed by atoms with van der Waals surface area (Å²) < 4.78 is 1.30. The highest BCUT2D eigenvalue weighted by Crippen LogP contribution is 2.32. The third-order valence-corrected chi connectivity index (χ3v) is 4.91. The van der Waals surface area contributed by atoms with Crippen LogP contribution in [-0.4, -0.2) is 24.6 Å². The Balaban J connectivity index is 1.85. The van der Waals surface area contributed by atoms with Crippen LogP contribution in [0.15, 0.2) is 18.2 Å². The maximum atomic E-state index is 5.74. The maximum Gasteiger partial charge on any atom is 0.186 e. The Morgan fingerprint density at radius 2 is 2.17 bits per heavy atom. The van der Waals surface area contributed by atoms with Crippen molar-refractivity contribution in [3.05, 3.63) is 23.8 Å². The van der Waals surface area contributed by atoms with Gasteiger partial charge >= 0.3 is 0 Å². The first-order valence-electron chi connectivity index (χ1n) is 6.59. The molecule has 3 rings (SSSR count). The molecule has 1 aromatic carbocycles. The zero-order valence-corrected chi connectivity index (χ0v) is 11.5. The monoisotopic (exact) mass is 261 g/mol. The Hall–Kier alpha value is -1.13. The Labute approximate surface area is 112 Å². The van der Waals surface area contributed by atoms with Crippen LogP contribution in [0, 0.1) is 12.8 Å². The summed E-state index contributed by atoms with van der Waals surface area (Å²) in [5.74, 6) is 0.706. The quantitative estimate of drug-likeness (QED) is 0.904.